The van der Waals surface area contributed by atoms with Gasteiger partial charge in [-0.05, 0) is 32.4 Å². The van der Waals surface area contributed by atoms with Crippen LogP contribution < -0.4 is 5.32 Å². The second kappa shape index (κ2) is 7.25. The number of nitrogens with one attached hydrogen (secondary N) is 1. The third-order valence-corrected chi connectivity index (χ3v) is 2.80. The van der Waals surface area contributed by atoms with Gasteiger partial charge in [-0.15, -0.1) is 0 Å². The Kier molecular flexibility index (Phi) is 5.94. The highest BCUT2D eigenvalue weighted by Gasteiger charge is 2.10. The van der Waals surface area contributed by atoms with Crippen molar-refractivity contribution in [1.82, 2.24) is 9.88 Å². The molecule has 0 unspecified atom stereocenters. The Hall–Kier alpha value is -1.13. The van der Waals surface area contributed by atoms with Gasteiger partial charge in [0, 0.05) is 44.7 Å². The minimum absolute atomic E-state index is 0.243. The van der Waals surface area contributed by atoms with E-state index in [1.54, 1.807) is 0 Å². The number of rotatable bonds is 7. The van der Waals surface area contributed by atoms with Gasteiger partial charge in [0.15, 0.2) is 0 Å². The summed E-state index contributed by atoms with van der Waals surface area (Å²) in [6.07, 6.45) is 2.63. The van der Waals surface area contributed by atoms with Crippen molar-refractivity contribution < 1.29 is 5.11 Å². The van der Waals surface area contributed by atoms with Gasteiger partial charge in [-0.1, -0.05) is 0 Å². The summed E-state index contributed by atoms with van der Waals surface area (Å²) in [6, 6.07) is 4.48. The molecule has 0 fully saturated rings. The smallest absolute Gasteiger partial charge is 0.0564 e. The molecule has 0 aliphatic heterocycles. The fourth-order valence-corrected chi connectivity index (χ4v) is 1.72. The molecule has 1 rings (SSSR count). The van der Waals surface area contributed by atoms with Crippen molar-refractivity contribution in [2.45, 2.75) is 32.9 Å². The summed E-state index contributed by atoms with van der Waals surface area (Å²) < 4.78 is 0. The van der Waals surface area contributed by atoms with Crippen LogP contribution in [-0.4, -0.2) is 41.2 Å². The lowest BCUT2D eigenvalue weighted by Gasteiger charge is -2.25. The van der Waals surface area contributed by atoms with Crippen LogP contribution in [-0.2, 0) is 6.54 Å². The van der Waals surface area contributed by atoms with E-state index in [-0.39, 0.29) is 6.61 Å². The monoisotopic (exact) mass is 237 g/mol. The fourth-order valence-electron chi connectivity index (χ4n) is 1.72. The van der Waals surface area contributed by atoms with Crippen LogP contribution in [0, 0.1) is 0 Å². The zero-order valence-electron chi connectivity index (χ0n) is 11.0. The first kappa shape index (κ1) is 13.9. The van der Waals surface area contributed by atoms with Crippen molar-refractivity contribution in [2.75, 3.05) is 25.5 Å². The largest absolute Gasteiger partial charge is 0.396 e. The number of aliphatic hydroxyl groups is 1. The normalized spacial score (nSPS) is 11.2. The molecule has 0 spiro atoms. The lowest BCUT2D eigenvalue weighted by atomic mass is 10.2. The standard InChI is InChI=1S/C13H23N3O/c1-11(2)16(7-4-8-17)10-13-9-12(14-3)5-6-15-13/h5-6,9,11,17H,4,7-8,10H2,1-3H3,(H,14,15). The van der Waals surface area contributed by atoms with E-state index in [1.165, 1.54) is 0 Å². The highest BCUT2D eigenvalue weighted by molar-refractivity contribution is 5.42. The Bertz CT molecular complexity index is 328. The minimum Gasteiger partial charge on any atom is -0.396 e. The summed E-state index contributed by atoms with van der Waals surface area (Å²) in [5.74, 6) is 0. The molecule has 0 radical (unpaired) electrons. The second-order valence-corrected chi connectivity index (χ2v) is 4.43. The van der Waals surface area contributed by atoms with E-state index in [1.807, 2.05) is 19.3 Å². The predicted molar refractivity (Wildman–Crippen MR) is 71.0 cm³/mol. The van der Waals surface area contributed by atoms with Crippen molar-refractivity contribution in [3.05, 3.63) is 24.0 Å². The molecule has 4 nitrogen and oxygen atoms in total. The maximum absolute atomic E-state index is 8.89. The second-order valence-electron chi connectivity index (χ2n) is 4.43. The van der Waals surface area contributed by atoms with Gasteiger partial charge in [0.05, 0.1) is 5.69 Å². The number of nitrogens with zero attached hydrogens (tertiary/aromatic N) is 2. The number of anilines is 1. The number of aliphatic hydroxyl groups excluding tert-OH is 1. The van der Waals surface area contributed by atoms with Gasteiger partial charge < -0.3 is 10.4 Å². The highest BCUT2D eigenvalue weighted by atomic mass is 16.3. The Morgan fingerprint density at radius 2 is 2.24 bits per heavy atom. The molecule has 1 aromatic heterocycles. The van der Waals surface area contributed by atoms with Crippen molar-refractivity contribution in [1.29, 1.82) is 0 Å². The van der Waals surface area contributed by atoms with Gasteiger partial charge in [-0.2, -0.15) is 0 Å². The van der Waals surface area contributed by atoms with E-state index in [0.29, 0.717) is 6.04 Å². The van der Waals surface area contributed by atoms with Crippen LogP contribution in [0.5, 0.6) is 0 Å². The van der Waals surface area contributed by atoms with Crippen LogP contribution in [0.1, 0.15) is 26.0 Å². The molecule has 0 saturated heterocycles. The Labute approximate surface area is 104 Å². The van der Waals surface area contributed by atoms with E-state index < -0.39 is 0 Å². The Morgan fingerprint density at radius 1 is 1.47 bits per heavy atom. The molecular weight excluding hydrogens is 214 g/mol. The highest BCUT2D eigenvalue weighted by Crippen LogP contribution is 2.11. The van der Waals surface area contributed by atoms with Crippen LogP contribution in [0.4, 0.5) is 5.69 Å². The van der Waals surface area contributed by atoms with Crippen molar-refractivity contribution in [3.8, 4) is 0 Å². The molecule has 96 valence electrons. The molecular formula is C13H23N3O. The Balaban J connectivity index is 2.64. The average molecular weight is 237 g/mol. The first-order valence-electron chi connectivity index (χ1n) is 6.15. The quantitative estimate of drug-likeness (QED) is 0.758. The Morgan fingerprint density at radius 3 is 2.82 bits per heavy atom. The lowest BCUT2D eigenvalue weighted by Crippen LogP contribution is -2.32. The first-order chi connectivity index (χ1) is 8.17. The van der Waals surface area contributed by atoms with Gasteiger partial charge in [0.2, 0.25) is 0 Å². The van der Waals surface area contributed by atoms with E-state index in [9.17, 15) is 0 Å². The van der Waals surface area contributed by atoms with Crippen molar-refractivity contribution in [3.63, 3.8) is 0 Å². The molecule has 0 aliphatic carbocycles. The molecule has 1 heterocycles. The molecule has 17 heavy (non-hydrogen) atoms. The van der Waals surface area contributed by atoms with Crippen molar-refractivity contribution >= 4 is 5.69 Å². The third-order valence-electron chi connectivity index (χ3n) is 2.80. The topological polar surface area (TPSA) is 48.4 Å². The summed E-state index contributed by atoms with van der Waals surface area (Å²) in [5.41, 5.74) is 2.14. The zero-order chi connectivity index (χ0) is 12.7. The maximum Gasteiger partial charge on any atom is 0.0564 e. The molecule has 0 saturated carbocycles. The third kappa shape index (κ3) is 4.71. The van der Waals surface area contributed by atoms with Crippen LogP contribution in [0.15, 0.2) is 18.3 Å². The minimum atomic E-state index is 0.243. The number of hydrogen-bond acceptors (Lipinski definition) is 4. The van der Waals surface area contributed by atoms with Crippen LogP contribution in [0.2, 0.25) is 0 Å². The molecule has 2 N–H and O–H groups in total. The van der Waals surface area contributed by atoms with E-state index >= 15 is 0 Å². The van der Waals surface area contributed by atoms with E-state index in [4.69, 9.17) is 5.11 Å². The van der Waals surface area contributed by atoms with Gasteiger partial charge in [0.25, 0.3) is 0 Å². The van der Waals surface area contributed by atoms with E-state index in [2.05, 4.69) is 35.1 Å². The fraction of sp³-hybridized carbons (Fsp3) is 0.615. The lowest BCUT2D eigenvalue weighted by molar-refractivity contribution is 0.183. The number of pyridine rings is 1. The molecule has 0 aromatic carbocycles. The molecule has 0 bridgehead atoms. The summed E-state index contributed by atoms with van der Waals surface area (Å²) in [4.78, 5) is 6.69. The maximum atomic E-state index is 8.89. The van der Waals surface area contributed by atoms with Crippen LogP contribution in [0.25, 0.3) is 0 Å². The van der Waals surface area contributed by atoms with Crippen LogP contribution in [0.3, 0.4) is 0 Å². The number of hydrogen-bond donors (Lipinski definition) is 2. The van der Waals surface area contributed by atoms with E-state index in [0.717, 1.165) is 30.9 Å². The summed E-state index contributed by atoms with van der Waals surface area (Å²) in [6.45, 7) is 6.30. The molecule has 0 amide bonds. The summed E-state index contributed by atoms with van der Waals surface area (Å²) >= 11 is 0. The van der Waals surface area contributed by atoms with Gasteiger partial charge in [-0.25, -0.2) is 0 Å². The number of aromatic nitrogens is 1. The van der Waals surface area contributed by atoms with Crippen LogP contribution >= 0.6 is 0 Å². The predicted octanol–water partition coefficient (Wildman–Crippen LogP) is 1.72. The van der Waals surface area contributed by atoms with Gasteiger partial charge in [0.1, 0.15) is 0 Å². The SMILES string of the molecule is CNc1ccnc(CN(CCCO)C(C)C)c1. The van der Waals surface area contributed by atoms with Crippen molar-refractivity contribution in [2.24, 2.45) is 0 Å². The zero-order valence-corrected chi connectivity index (χ0v) is 11.0. The van der Waals surface area contributed by atoms with Gasteiger partial charge >= 0.3 is 0 Å². The first-order valence-corrected chi connectivity index (χ1v) is 6.15. The molecule has 1 aromatic rings. The van der Waals surface area contributed by atoms with Gasteiger partial charge in [-0.3, -0.25) is 9.88 Å². The molecule has 0 atom stereocenters. The summed E-state index contributed by atoms with van der Waals surface area (Å²) in [5, 5.41) is 12.0. The summed E-state index contributed by atoms with van der Waals surface area (Å²) in [7, 11) is 1.91. The molecule has 0 aliphatic rings. The molecule has 4 heteroatoms. The average Bonchev–Trinajstić information content (AvgIpc) is 2.34.